The van der Waals surface area contributed by atoms with Crippen molar-refractivity contribution in [3.63, 3.8) is 0 Å². The van der Waals surface area contributed by atoms with Crippen LogP contribution in [0, 0.1) is 0 Å². The first-order valence-electron chi connectivity index (χ1n) is 15.3. The third-order valence-corrected chi connectivity index (χ3v) is 7.57. The van der Waals surface area contributed by atoms with Gasteiger partial charge in [0.2, 0.25) is 0 Å². The number of ether oxygens (including phenoxy) is 3. The maximum Gasteiger partial charge on any atom is 0.416 e. The summed E-state index contributed by atoms with van der Waals surface area (Å²) in [6.07, 6.45) is -0.938. The van der Waals surface area contributed by atoms with Crippen LogP contribution in [0.15, 0.2) is 60.7 Å². The Kier molecular flexibility index (Phi) is 8.83. The zero-order chi connectivity index (χ0) is 33.3. The molecule has 3 amide bonds. The Morgan fingerprint density at radius 1 is 0.848 bits per heavy atom. The summed E-state index contributed by atoms with van der Waals surface area (Å²) >= 11 is 0. The van der Waals surface area contributed by atoms with E-state index < -0.39 is 35.0 Å². The van der Waals surface area contributed by atoms with Crippen molar-refractivity contribution >= 4 is 29.8 Å². The molecule has 1 saturated heterocycles. The lowest BCUT2D eigenvalue weighted by Gasteiger charge is -2.53. The van der Waals surface area contributed by atoms with E-state index in [0.29, 0.717) is 24.9 Å². The van der Waals surface area contributed by atoms with Gasteiger partial charge in [0.05, 0.1) is 23.5 Å². The predicted molar refractivity (Wildman–Crippen MR) is 172 cm³/mol. The lowest BCUT2D eigenvalue weighted by molar-refractivity contribution is 0.0395. The summed E-state index contributed by atoms with van der Waals surface area (Å²) in [5.41, 5.74) is -1.08. The lowest BCUT2D eigenvalue weighted by atomic mass is 9.84. The Bertz CT molecular complexity index is 1600. The number of piperidine rings is 1. The minimum Gasteiger partial charge on any atom is -0.507 e. The molecular formula is C34H41N5O7. The van der Waals surface area contributed by atoms with Gasteiger partial charge in [-0.2, -0.15) is 0 Å². The summed E-state index contributed by atoms with van der Waals surface area (Å²) in [5, 5.41) is 19.3. The van der Waals surface area contributed by atoms with Crippen LogP contribution in [0.25, 0.3) is 11.3 Å². The number of phenolic OH excluding ortho intramolecular Hbond substituents is 1. The first-order valence-corrected chi connectivity index (χ1v) is 15.3. The SMILES string of the molecule is CC(C)(C)OC(=O)N1CC2(CCCN(C(=O)OCc3ccccc3)C2)N(C(=O)OC(C)(C)C)c2cc(-c3ccccc3O)nnc21. The van der Waals surface area contributed by atoms with Crippen LogP contribution in [0.3, 0.4) is 0 Å². The Hall–Kier alpha value is -4.87. The molecule has 5 rings (SSSR count). The Morgan fingerprint density at radius 2 is 1.50 bits per heavy atom. The number of rotatable bonds is 3. The quantitative estimate of drug-likeness (QED) is 0.321. The third-order valence-electron chi connectivity index (χ3n) is 7.57. The van der Waals surface area contributed by atoms with Crippen LogP contribution in [0.4, 0.5) is 25.9 Å². The van der Waals surface area contributed by atoms with Crippen LogP contribution in [-0.2, 0) is 20.8 Å². The van der Waals surface area contributed by atoms with Crippen LogP contribution in [0.5, 0.6) is 5.75 Å². The molecule has 2 aliphatic rings. The lowest BCUT2D eigenvalue weighted by Crippen LogP contribution is -2.69. The number of hydrogen-bond acceptors (Lipinski definition) is 9. The highest BCUT2D eigenvalue weighted by molar-refractivity contribution is 6.01. The van der Waals surface area contributed by atoms with E-state index in [9.17, 15) is 19.5 Å². The summed E-state index contributed by atoms with van der Waals surface area (Å²) in [6.45, 7) is 11.1. The van der Waals surface area contributed by atoms with Crippen LogP contribution in [-0.4, -0.2) is 74.9 Å². The van der Waals surface area contributed by atoms with Gasteiger partial charge < -0.3 is 24.2 Å². The first kappa shape index (κ1) is 32.5. The number of nitrogens with zero attached hydrogens (tertiary/aromatic N) is 5. The van der Waals surface area contributed by atoms with Crippen molar-refractivity contribution in [1.29, 1.82) is 0 Å². The van der Waals surface area contributed by atoms with Crippen molar-refractivity contribution in [2.45, 2.75) is 77.7 Å². The number of benzene rings is 2. The minimum atomic E-state index is -1.14. The van der Waals surface area contributed by atoms with Gasteiger partial charge in [0.15, 0.2) is 5.82 Å². The molecule has 0 aliphatic carbocycles. The maximum atomic E-state index is 14.2. The Balaban J connectivity index is 1.61. The molecule has 1 aromatic heterocycles. The Labute approximate surface area is 268 Å². The first-order chi connectivity index (χ1) is 21.7. The highest BCUT2D eigenvalue weighted by Gasteiger charge is 2.54. The number of carbonyl (C=O) groups excluding carboxylic acids is 3. The van der Waals surface area contributed by atoms with Crippen molar-refractivity contribution in [2.24, 2.45) is 0 Å². The van der Waals surface area contributed by atoms with Crippen molar-refractivity contribution in [2.75, 3.05) is 29.4 Å². The molecule has 2 aromatic carbocycles. The number of aromatic nitrogens is 2. The summed E-state index contributed by atoms with van der Waals surface area (Å²) in [6, 6.07) is 17.6. The summed E-state index contributed by atoms with van der Waals surface area (Å²) in [4.78, 5) is 45.8. The third kappa shape index (κ3) is 7.16. The van der Waals surface area contributed by atoms with E-state index in [1.807, 2.05) is 30.3 Å². The van der Waals surface area contributed by atoms with Gasteiger partial charge in [0.1, 0.15) is 23.6 Å². The maximum absolute atomic E-state index is 14.2. The van der Waals surface area contributed by atoms with Crippen molar-refractivity contribution in [3.05, 3.63) is 66.2 Å². The van der Waals surface area contributed by atoms with E-state index in [0.717, 1.165) is 5.56 Å². The number of carbonyl (C=O) groups is 3. The molecular weight excluding hydrogens is 590 g/mol. The van der Waals surface area contributed by atoms with Crippen LogP contribution in [0.1, 0.15) is 59.9 Å². The molecule has 3 aromatic rings. The van der Waals surface area contributed by atoms with E-state index >= 15 is 0 Å². The number of aromatic hydroxyl groups is 1. The molecule has 2 aliphatic heterocycles. The van der Waals surface area contributed by atoms with Gasteiger partial charge in [-0.15, -0.1) is 10.2 Å². The molecule has 12 nitrogen and oxygen atoms in total. The minimum absolute atomic E-state index is 0.0277. The van der Waals surface area contributed by atoms with Gasteiger partial charge in [-0.3, -0.25) is 9.80 Å². The second-order valence-corrected chi connectivity index (χ2v) is 13.6. The van der Waals surface area contributed by atoms with E-state index in [4.69, 9.17) is 14.2 Å². The summed E-state index contributed by atoms with van der Waals surface area (Å²) in [7, 11) is 0. The van der Waals surface area contributed by atoms with E-state index in [2.05, 4.69) is 10.2 Å². The highest BCUT2D eigenvalue weighted by atomic mass is 16.6. The van der Waals surface area contributed by atoms with Gasteiger partial charge in [-0.1, -0.05) is 42.5 Å². The molecule has 1 N–H and O–H groups in total. The van der Waals surface area contributed by atoms with Gasteiger partial charge in [-0.25, -0.2) is 14.4 Å². The molecule has 3 heterocycles. The Morgan fingerprint density at radius 3 is 2.17 bits per heavy atom. The molecule has 244 valence electrons. The molecule has 1 unspecified atom stereocenters. The molecule has 46 heavy (non-hydrogen) atoms. The number of fused-ring (bicyclic) bond motifs is 1. The van der Waals surface area contributed by atoms with E-state index in [-0.39, 0.29) is 42.6 Å². The predicted octanol–water partition coefficient (Wildman–Crippen LogP) is 6.52. The van der Waals surface area contributed by atoms with Gasteiger partial charge in [-0.05, 0) is 78.1 Å². The van der Waals surface area contributed by atoms with Gasteiger partial charge in [0.25, 0.3) is 0 Å². The number of amides is 3. The molecule has 1 fully saturated rings. The average molecular weight is 632 g/mol. The zero-order valence-corrected chi connectivity index (χ0v) is 27.1. The smallest absolute Gasteiger partial charge is 0.416 e. The van der Waals surface area contributed by atoms with Crippen LogP contribution >= 0.6 is 0 Å². The fraction of sp³-hybridized carbons (Fsp3) is 0.441. The molecule has 12 heteroatoms. The van der Waals surface area contributed by atoms with Crippen LogP contribution < -0.4 is 9.80 Å². The largest absolute Gasteiger partial charge is 0.507 e. The van der Waals surface area contributed by atoms with Crippen LogP contribution in [0.2, 0.25) is 0 Å². The van der Waals surface area contributed by atoms with Crippen molar-refractivity contribution < 1.29 is 33.7 Å². The zero-order valence-electron chi connectivity index (χ0n) is 27.1. The number of likely N-dealkylation sites (tertiary alicyclic amines) is 1. The highest BCUT2D eigenvalue weighted by Crippen LogP contribution is 2.45. The molecule has 0 saturated carbocycles. The number of para-hydroxylation sites is 1. The van der Waals surface area contributed by atoms with Gasteiger partial charge >= 0.3 is 18.3 Å². The molecule has 1 atom stereocenters. The number of hydrogen-bond donors (Lipinski definition) is 1. The molecule has 1 spiro atoms. The standard InChI is InChI=1S/C34H41N5O7/c1-32(2,3)45-30(42)38-22-34(17-12-18-37(21-34)29(41)44-20-23-13-8-7-9-14-23)39(31(43)46-33(4,5)6)26-19-25(35-36-28(26)38)24-15-10-11-16-27(24)40/h7-11,13-16,19,40H,12,17-18,20-22H2,1-6H3. The number of anilines is 2. The topological polar surface area (TPSA) is 135 Å². The van der Waals surface area contributed by atoms with Crippen molar-refractivity contribution in [3.8, 4) is 17.0 Å². The van der Waals surface area contributed by atoms with E-state index in [1.165, 1.54) is 15.9 Å². The molecule has 0 radical (unpaired) electrons. The monoisotopic (exact) mass is 631 g/mol. The fourth-order valence-corrected chi connectivity index (χ4v) is 5.71. The van der Waals surface area contributed by atoms with E-state index in [1.54, 1.807) is 70.7 Å². The second kappa shape index (κ2) is 12.5. The fourth-order valence-electron chi connectivity index (χ4n) is 5.71. The average Bonchev–Trinajstić information content (AvgIpc) is 2.98. The summed E-state index contributed by atoms with van der Waals surface area (Å²) < 4.78 is 17.4. The molecule has 0 bridgehead atoms. The van der Waals surface area contributed by atoms with Crippen molar-refractivity contribution in [1.82, 2.24) is 15.1 Å². The second-order valence-electron chi connectivity index (χ2n) is 13.6. The summed E-state index contributed by atoms with van der Waals surface area (Å²) in [5.74, 6) is 0.0637. The normalized spacial score (nSPS) is 18.2. The number of phenols is 1. The van der Waals surface area contributed by atoms with Gasteiger partial charge in [0, 0.05) is 18.7 Å².